The van der Waals surface area contributed by atoms with E-state index in [0.717, 1.165) is 32.0 Å². The number of rotatable bonds is 1. The van der Waals surface area contributed by atoms with Crippen molar-refractivity contribution in [2.75, 3.05) is 23.7 Å². The molecule has 0 saturated carbocycles. The van der Waals surface area contributed by atoms with Crippen LogP contribution in [0.15, 0.2) is 12.1 Å². The molecule has 0 atom stereocenters. The molecule has 2 nitrogen and oxygen atoms in total. The minimum Gasteiger partial charge on any atom is -0.397 e. The van der Waals surface area contributed by atoms with Crippen LogP contribution in [-0.2, 0) is 0 Å². The Hall–Kier alpha value is -1.32. The number of hydrogen-bond acceptors (Lipinski definition) is 2. The third kappa shape index (κ3) is 1.96. The molecule has 1 fully saturated rings. The summed E-state index contributed by atoms with van der Waals surface area (Å²) in [6, 6.07) is 2.49. The molecule has 1 saturated heterocycles. The summed E-state index contributed by atoms with van der Waals surface area (Å²) in [7, 11) is 0. The average Bonchev–Trinajstić information content (AvgIpc) is 2.27. The molecular weight excluding hydrogens is 210 g/mol. The molecule has 0 aromatic heterocycles. The third-order valence-electron chi connectivity index (χ3n) is 3.20. The maximum Gasteiger partial charge on any atom is 0.184 e. The zero-order valence-electron chi connectivity index (χ0n) is 9.34. The summed E-state index contributed by atoms with van der Waals surface area (Å²) in [4.78, 5) is 1.84. The molecule has 16 heavy (non-hydrogen) atoms. The Morgan fingerprint density at radius 3 is 2.50 bits per heavy atom. The van der Waals surface area contributed by atoms with Gasteiger partial charge in [-0.15, -0.1) is 0 Å². The van der Waals surface area contributed by atoms with E-state index in [0.29, 0.717) is 11.6 Å². The van der Waals surface area contributed by atoms with Crippen LogP contribution in [0.25, 0.3) is 0 Å². The fourth-order valence-corrected chi connectivity index (χ4v) is 2.11. The van der Waals surface area contributed by atoms with Gasteiger partial charge in [-0.3, -0.25) is 0 Å². The van der Waals surface area contributed by atoms with Crippen LogP contribution in [0.2, 0.25) is 0 Å². The molecule has 0 bridgehead atoms. The lowest BCUT2D eigenvalue weighted by molar-refractivity contribution is 0.431. The minimum absolute atomic E-state index is 0.229. The van der Waals surface area contributed by atoms with E-state index in [1.165, 1.54) is 6.07 Å². The number of hydrogen-bond donors (Lipinski definition) is 1. The Balaban J connectivity index is 2.29. The van der Waals surface area contributed by atoms with E-state index in [2.05, 4.69) is 6.92 Å². The number of piperidine rings is 1. The first-order chi connectivity index (χ1) is 7.59. The first kappa shape index (κ1) is 11.2. The number of anilines is 2. The Kier molecular flexibility index (Phi) is 2.99. The van der Waals surface area contributed by atoms with Gasteiger partial charge >= 0.3 is 0 Å². The molecule has 2 rings (SSSR count). The number of benzene rings is 1. The first-order valence-electron chi connectivity index (χ1n) is 5.58. The van der Waals surface area contributed by atoms with Gasteiger partial charge in [0.25, 0.3) is 0 Å². The molecule has 88 valence electrons. The number of nitrogens with zero attached hydrogens (tertiary/aromatic N) is 1. The number of nitrogen functional groups attached to an aromatic ring is 1. The SMILES string of the molecule is CC1CCN(c2c(N)ccc(F)c2F)CC1. The molecule has 0 aliphatic carbocycles. The maximum absolute atomic E-state index is 13.6. The lowest BCUT2D eigenvalue weighted by Gasteiger charge is -2.33. The summed E-state index contributed by atoms with van der Waals surface area (Å²) in [5, 5.41) is 0. The Bertz CT molecular complexity index is 385. The van der Waals surface area contributed by atoms with Gasteiger partial charge in [0.15, 0.2) is 11.6 Å². The van der Waals surface area contributed by atoms with E-state index in [-0.39, 0.29) is 5.69 Å². The van der Waals surface area contributed by atoms with Gasteiger partial charge in [-0.2, -0.15) is 0 Å². The molecule has 1 aliphatic rings. The second-order valence-electron chi connectivity index (χ2n) is 4.47. The number of nitrogens with two attached hydrogens (primary N) is 1. The number of halogens is 2. The van der Waals surface area contributed by atoms with Crippen LogP contribution in [0.3, 0.4) is 0 Å². The van der Waals surface area contributed by atoms with Gasteiger partial charge in [-0.25, -0.2) is 8.78 Å². The summed E-state index contributed by atoms with van der Waals surface area (Å²) in [6.07, 6.45) is 1.99. The fraction of sp³-hybridized carbons (Fsp3) is 0.500. The third-order valence-corrected chi connectivity index (χ3v) is 3.20. The highest BCUT2D eigenvalue weighted by Gasteiger charge is 2.22. The second kappa shape index (κ2) is 4.28. The zero-order valence-corrected chi connectivity index (χ0v) is 9.34. The van der Waals surface area contributed by atoms with Crippen LogP contribution in [0, 0.1) is 17.6 Å². The molecule has 0 amide bonds. The highest BCUT2D eigenvalue weighted by atomic mass is 19.2. The zero-order chi connectivity index (χ0) is 11.7. The highest BCUT2D eigenvalue weighted by Crippen LogP contribution is 2.31. The summed E-state index contributed by atoms with van der Waals surface area (Å²) < 4.78 is 26.8. The van der Waals surface area contributed by atoms with Crippen LogP contribution < -0.4 is 10.6 Å². The molecule has 0 unspecified atom stereocenters. The van der Waals surface area contributed by atoms with Crippen molar-refractivity contribution in [2.45, 2.75) is 19.8 Å². The molecule has 1 heterocycles. The predicted octanol–water partition coefficient (Wildman–Crippen LogP) is 2.78. The summed E-state index contributed by atoms with van der Waals surface area (Å²) >= 11 is 0. The predicted molar refractivity (Wildman–Crippen MR) is 61.4 cm³/mol. The normalized spacial score (nSPS) is 17.8. The van der Waals surface area contributed by atoms with Crippen LogP contribution in [0.4, 0.5) is 20.2 Å². The monoisotopic (exact) mass is 226 g/mol. The minimum atomic E-state index is -0.831. The van der Waals surface area contributed by atoms with E-state index in [4.69, 9.17) is 5.73 Å². The van der Waals surface area contributed by atoms with Gasteiger partial charge in [-0.05, 0) is 30.9 Å². The molecule has 1 aromatic rings. The molecular formula is C12H16F2N2. The van der Waals surface area contributed by atoms with E-state index >= 15 is 0 Å². The standard InChI is InChI=1S/C12H16F2N2/c1-8-4-6-16(7-5-8)12-10(15)3-2-9(13)11(12)14/h2-3,8H,4-7,15H2,1H3. The lowest BCUT2D eigenvalue weighted by atomic mass is 9.98. The Morgan fingerprint density at radius 2 is 1.88 bits per heavy atom. The van der Waals surface area contributed by atoms with E-state index in [9.17, 15) is 8.78 Å². The smallest absolute Gasteiger partial charge is 0.184 e. The van der Waals surface area contributed by atoms with Gasteiger partial charge in [-0.1, -0.05) is 6.92 Å². The van der Waals surface area contributed by atoms with Crippen molar-refractivity contribution >= 4 is 11.4 Å². The van der Waals surface area contributed by atoms with E-state index in [1.54, 1.807) is 0 Å². The van der Waals surface area contributed by atoms with Crippen molar-refractivity contribution < 1.29 is 8.78 Å². The van der Waals surface area contributed by atoms with Crippen molar-refractivity contribution in [2.24, 2.45) is 5.92 Å². The van der Waals surface area contributed by atoms with Gasteiger partial charge in [0.2, 0.25) is 0 Å². The molecule has 1 aliphatic heterocycles. The van der Waals surface area contributed by atoms with Crippen molar-refractivity contribution in [1.29, 1.82) is 0 Å². The van der Waals surface area contributed by atoms with Crippen LogP contribution >= 0.6 is 0 Å². The van der Waals surface area contributed by atoms with Gasteiger partial charge < -0.3 is 10.6 Å². The largest absolute Gasteiger partial charge is 0.397 e. The van der Waals surface area contributed by atoms with Crippen molar-refractivity contribution in [1.82, 2.24) is 0 Å². The summed E-state index contributed by atoms with van der Waals surface area (Å²) in [6.45, 7) is 3.65. The Labute approximate surface area is 94.0 Å². The highest BCUT2D eigenvalue weighted by molar-refractivity contribution is 5.68. The average molecular weight is 226 g/mol. The topological polar surface area (TPSA) is 29.3 Å². The lowest BCUT2D eigenvalue weighted by Crippen LogP contribution is -2.34. The van der Waals surface area contributed by atoms with Gasteiger partial charge in [0.05, 0.1) is 11.4 Å². The van der Waals surface area contributed by atoms with Crippen molar-refractivity contribution in [3.8, 4) is 0 Å². The maximum atomic E-state index is 13.6. The van der Waals surface area contributed by atoms with Crippen molar-refractivity contribution in [3.05, 3.63) is 23.8 Å². The van der Waals surface area contributed by atoms with E-state index < -0.39 is 11.6 Å². The molecule has 1 aromatic carbocycles. The fourth-order valence-electron chi connectivity index (χ4n) is 2.11. The quantitative estimate of drug-likeness (QED) is 0.746. The van der Waals surface area contributed by atoms with Crippen LogP contribution in [-0.4, -0.2) is 13.1 Å². The first-order valence-corrected chi connectivity index (χ1v) is 5.58. The Morgan fingerprint density at radius 1 is 1.25 bits per heavy atom. The van der Waals surface area contributed by atoms with Crippen LogP contribution in [0.5, 0.6) is 0 Å². The van der Waals surface area contributed by atoms with Gasteiger partial charge in [0, 0.05) is 13.1 Å². The van der Waals surface area contributed by atoms with Crippen LogP contribution in [0.1, 0.15) is 19.8 Å². The van der Waals surface area contributed by atoms with E-state index in [1.807, 2.05) is 4.90 Å². The second-order valence-corrected chi connectivity index (χ2v) is 4.47. The van der Waals surface area contributed by atoms with Gasteiger partial charge in [0.1, 0.15) is 0 Å². The molecule has 4 heteroatoms. The molecule has 0 spiro atoms. The summed E-state index contributed by atoms with van der Waals surface area (Å²) in [5.74, 6) is -1.01. The molecule has 2 N–H and O–H groups in total. The van der Waals surface area contributed by atoms with Crippen molar-refractivity contribution in [3.63, 3.8) is 0 Å². The molecule has 0 radical (unpaired) electrons. The summed E-state index contributed by atoms with van der Waals surface area (Å²) in [5.41, 5.74) is 6.25.